The molecule has 1 aromatic rings. The first kappa shape index (κ1) is 9.47. The summed E-state index contributed by atoms with van der Waals surface area (Å²) in [5, 5.41) is 11.3. The fourth-order valence-electron chi connectivity index (χ4n) is 0.527. The van der Waals surface area contributed by atoms with Crippen LogP contribution in [-0.4, -0.2) is 37.6 Å². The van der Waals surface area contributed by atoms with Crippen molar-refractivity contribution in [1.29, 1.82) is 0 Å². The fraction of sp³-hybridized carbons (Fsp3) is 0.600. The van der Waals surface area contributed by atoms with Crippen molar-refractivity contribution in [3.05, 3.63) is 0 Å². The number of carbonyl (C=O) groups excluding carboxylic acids is 1. The van der Waals surface area contributed by atoms with Crippen LogP contribution in [0.1, 0.15) is 0 Å². The van der Waals surface area contributed by atoms with Crippen molar-refractivity contribution >= 4 is 29.1 Å². The molecule has 1 rings (SSSR count). The molecule has 0 aliphatic carbocycles. The number of alkyl halides is 1. The molecule has 12 heavy (non-hydrogen) atoms. The number of carbonyl (C=O) groups is 1. The summed E-state index contributed by atoms with van der Waals surface area (Å²) < 4.78 is 1.51. The first-order chi connectivity index (χ1) is 5.74. The Bertz CT molecular complexity index is 276. The van der Waals surface area contributed by atoms with Crippen molar-refractivity contribution in [2.75, 3.05) is 11.6 Å². The first-order valence-corrected chi connectivity index (χ1v) is 4.69. The zero-order chi connectivity index (χ0) is 8.97. The van der Waals surface area contributed by atoms with Crippen molar-refractivity contribution in [3.8, 4) is 0 Å². The normalized spacial score (nSPS) is 10.2. The molecule has 7 heteroatoms. The van der Waals surface area contributed by atoms with Crippen LogP contribution in [-0.2, 0) is 11.8 Å². The van der Waals surface area contributed by atoms with E-state index in [1.165, 1.54) is 16.4 Å². The molecule has 66 valence electrons. The lowest BCUT2D eigenvalue weighted by atomic mass is 10.5. The van der Waals surface area contributed by atoms with E-state index in [4.69, 9.17) is 11.6 Å². The molecule has 1 aromatic heterocycles. The zero-order valence-electron chi connectivity index (χ0n) is 6.40. The van der Waals surface area contributed by atoms with E-state index in [0.29, 0.717) is 10.9 Å². The molecule has 0 fully saturated rings. The van der Waals surface area contributed by atoms with Gasteiger partial charge in [0.15, 0.2) is 5.78 Å². The maximum absolute atomic E-state index is 10.8. The van der Waals surface area contributed by atoms with Crippen LogP contribution in [0.4, 0.5) is 0 Å². The molecule has 0 saturated heterocycles. The van der Waals surface area contributed by atoms with E-state index in [1.807, 2.05) is 0 Å². The van der Waals surface area contributed by atoms with Gasteiger partial charge in [-0.25, -0.2) is 4.68 Å². The topological polar surface area (TPSA) is 60.7 Å². The molecular formula is C5H7ClN4OS. The number of hydrogen-bond donors (Lipinski definition) is 0. The number of ketones is 1. The summed E-state index contributed by atoms with van der Waals surface area (Å²) in [4.78, 5) is 10.8. The smallest absolute Gasteiger partial charge is 0.209 e. The van der Waals surface area contributed by atoms with Crippen LogP contribution in [0.2, 0.25) is 0 Å². The maximum atomic E-state index is 10.8. The van der Waals surface area contributed by atoms with Crippen LogP contribution in [0.3, 0.4) is 0 Å². The third kappa shape index (κ3) is 2.46. The van der Waals surface area contributed by atoms with Gasteiger partial charge in [-0.2, -0.15) is 0 Å². The van der Waals surface area contributed by atoms with Gasteiger partial charge >= 0.3 is 0 Å². The lowest BCUT2D eigenvalue weighted by Crippen LogP contribution is -2.03. The van der Waals surface area contributed by atoms with E-state index < -0.39 is 0 Å². The molecular weight excluding hydrogens is 200 g/mol. The first-order valence-electron chi connectivity index (χ1n) is 3.17. The van der Waals surface area contributed by atoms with E-state index in [9.17, 15) is 4.79 Å². The molecule has 0 atom stereocenters. The zero-order valence-corrected chi connectivity index (χ0v) is 7.97. The molecule has 0 amide bonds. The van der Waals surface area contributed by atoms with Crippen LogP contribution in [0.5, 0.6) is 0 Å². The minimum absolute atomic E-state index is 0.0235. The van der Waals surface area contributed by atoms with Crippen molar-refractivity contribution in [1.82, 2.24) is 20.2 Å². The Kier molecular flexibility index (Phi) is 3.48. The van der Waals surface area contributed by atoms with Gasteiger partial charge in [0.25, 0.3) is 0 Å². The van der Waals surface area contributed by atoms with Gasteiger partial charge in [0.1, 0.15) is 0 Å². The van der Waals surface area contributed by atoms with Gasteiger partial charge in [0.05, 0.1) is 11.6 Å². The molecule has 5 nitrogen and oxygen atoms in total. The molecule has 0 aromatic carbocycles. The Morgan fingerprint density at radius 1 is 1.75 bits per heavy atom. The number of Topliss-reactive ketones (excluding diaryl/α,β-unsaturated/α-hetero) is 1. The predicted octanol–water partition coefficient (Wildman–Crippen LogP) is 0.110. The van der Waals surface area contributed by atoms with Gasteiger partial charge in [-0.15, -0.1) is 16.7 Å². The Morgan fingerprint density at radius 2 is 2.50 bits per heavy atom. The highest BCUT2D eigenvalue weighted by atomic mass is 35.5. The number of aromatic nitrogens is 4. The van der Waals surface area contributed by atoms with Crippen molar-refractivity contribution in [2.24, 2.45) is 7.05 Å². The van der Waals surface area contributed by atoms with Gasteiger partial charge in [-0.3, -0.25) is 4.79 Å². The predicted molar refractivity (Wildman–Crippen MR) is 45.2 cm³/mol. The Labute approximate surface area is 78.5 Å². The molecule has 0 saturated carbocycles. The number of thioether (sulfide) groups is 1. The van der Waals surface area contributed by atoms with Gasteiger partial charge in [0, 0.05) is 7.05 Å². The van der Waals surface area contributed by atoms with E-state index >= 15 is 0 Å². The third-order valence-corrected chi connectivity index (χ3v) is 2.46. The van der Waals surface area contributed by atoms with Crippen LogP contribution >= 0.6 is 23.4 Å². The molecule has 0 N–H and O–H groups in total. The van der Waals surface area contributed by atoms with Crippen molar-refractivity contribution < 1.29 is 4.79 Å². The van der Waals surface area contributed by atoms with Gasteiger partial charge in [0.2, 0.25) is 5.16 Å². The summed E-state index contributed by atoms with van der Waals surface area (Å²) >= 11 is 6.59. The molecule has 0 aliphatic rings. The lowest BCUT2D eigenvalue weighted by molar-refractivity contribution is -0.114. The summed E-state index contributed by atoms with van der Waals surface area (Å²) in [7, 11) is 1.72. The van der Waals surface area contributed by atoms with Crippen LogP contribution in [0.15, 0.2) is 5.16 Å². The van der Waals surface area contributed by atoms with Gasteiger partial charge in [-0.1, -0.05) is 11.8 Å². The number of aryl methyl sites for hydroxylation is 1. The highest BCUT2D eigenvalue weighted by Crippen LogP contribution is 2.11. The average Bonchev–Trinajstić information content (AvgIpc) is 2.47. The largest absolute Gasteiger partial charge is 0.297 e. The number of rotatable bonds is 4. The SMILES string of the molecule is Cn1nnnc1SCC(=O)CCl. The molecule has 0 spiro atoms. The molecule has 0 radical (unpaired) electrons. The second-order valence-electron chi connectivity index (χ2n) is 2.05. The Hall–Kier alpha value is -0.620. The summed E-state index contributed by atoms with van der Waals surface area (Å²) in [5.74, 6) is 0.334. The van der Waals surface area contributed by atoms with Gasteiger partial charge in [-0.05, 0) is 10.4 Å². The van der Waals surface area contributed by atoms with E-state index in [0.717, 1.165) is 0 Å². The number of hydrogen-bond acceptors (Lipinski definition) is 5. The molecule has 0 bridgehead atoms. The van der Waals surface area contributed by atoms with Crippen molar-refractivity contribution in [3.63, 3.8) is 0 Å². The molecule has 0 unspecified atom stereocenters. The number of halogens is 1. The number of tetrazole rings is 1. The number of nitrogens with zero attached hydrogens (tertiary/aromatic N) is 4. The highest BCUT2D eigenvalue weighted by molar-refractivity contribution is 7.99. The fourth-order valence-corrected chi connectivity index (χ4v) is 1.44. The quantitative estimate of drug-likeness (QED) is 0.517. The summed E-state index contributed by atoms with van der Waals surface area (Å²) in [6.07, 6.45) is 0. The third-order valence-electron chi connectivity index (χ3n) is 1.09. The summed E-state index contributed by atoms with van der Waals surface area (Å²) in [6.45, 7) is 0. The van der Waals surface area contributed by atoms with Crippen molar-refractivity contribution in [2.45, 2.75) is 5.16 Å². The van der Waals surface area contributed by atoms with E-state index in [1.54, 1.807) is 7.05 Å². The summed E-state index contributed by atoms with van der Waals surface area (Å²) in [6, 6.07) is 0. The maximum Gasteiger partial charge on any atom is 0.209 e. The average molecular weight is 207 g/mol. The second kappa shape index (κ2) is 4.42. The molecule has 1 heterocycles. The Balaban J connectivity index is 2.43. The summed E-state index contributed by atoms with van der Waals surface area (Å²) in [5.41, 5.74) is 0. The van der Waals surface area contributed by atoms with E-state index in [-0.39, 0.29) is 11.7 Å². The van der Waals surface area contributed by atoms with Crippen LogP contribution in [0.25, 0.3) is 0 Å². The standard InChI is InChI=1S/C5H7ClN4OS/c1-10-5(7-8-9-10)12-3-4(11)2-6/h2-3H2,1H3. The Morgan fingerprint density at radius 3 is 3.00 bits per heavy atom. The molecule has 0 aliphatic heterocycles. The second-order valence-corrected chi connectivity index (χ2v) is 3.26. The minimum Gasteiger partial charge on any atom is -0.297 e. The van der Waals surface area contributed by atoms with Crippen LogP contribution < -0.4 is 0 Å². The van der Waals surface area contributed by atoms with Gasteiger partial charge < -0.3 is 0 Å². The monoisotopic (exact) mass is 206 g/mol. The highest BCUT2D eigenvalue weighted by Gasteiger charge is 2.05. The lowest BCUT2D eigenvalue weighted by Gasteiger charge is -1.95. The minimum atomic E-state index is -0.0235. The van der Waals surface area contributed by atoms with Crippen LogP contribution in [0, 0.1) is 0 Å². The van der Waals surface area contributed by atoms with E-state index in [2.05, 4.69) is 15.5 Å².